The minimum absolute atomic E-state index is 0. The van der Waals surface area contributed by atoms with Gasteiger partial charge in [0.05, 0.1) is 5.75 Å². The van der Waals surface area contributed by atoms with Gasteiger partial charge in [0.1, 0.15) is 15.6 Å². The Morgan fingerprint density at radius 1 is 1.40 bits per heavy atom. The summed E-state index contributed by atoms with van der Waals surface area (Å²) in [5.41, 5.74) is 0.349. The van der Waals surface area contributed by atoms with Gasteiger partial charge < -0.3 is 9.73 Å². The first-order valence-electron chi connectivity index (χ1n) is 8.47. The summed E-state index contributed by atoms with van der Waals surface area (Å²) in [5, 5.41) is 3.07. The number of aryl methyl sites for hydroxylation is 1. The van der Waals surface area contributed by atoms with Crippen LogP contribution in [0.5, 0.6) is 0 Å². The third kappa shape index (κ3) is 6.27. The number of aromatic nitrogens is 1. The normalized spacial score (nSPS) is 21.1. The quantitative estimate of drug-likeness (QED) is 0.720. The van der Waals surface area contributed by atoms with Gasteiger partial charge in [0.25, 0.3) is 5.91 Å². The molecule has 0 radical (unpaired) electrons. The zero-order valence-corrected chi connectivity index (χ0v) is 16.7. The maximum atomic E-state index is 12.5. The van der Waals surface area contributed by atoms with Crippen molar-refractivity contribution < 1.29 is 17.6 Å². The van der Waals surface area contributed by atoms with Gasteiger partial charge in [-0.2, -0.15) is 0 Å². The van der Waals surface area contributed by atoms with Crippen LogP contribution in [-0.4, -0.2) is 61.9 Å². The Balaban J connectivity index is 0.00000312. The van der Waals surface area contributed by atoms with Crippen LogP contribution in [0, 0.1) is 5.92 Å². The average Bonchev–Trinajstić information content (AvgIpc) is 3.12. The molecule has 2 atom stereocenters. The summed E-state index contributed by atoms with van der Waals surface area (Å²) >= 11 is 0. The number of rotatable bonds is 8. The Labute approximate surface area is 155 Å². The van der Waals surface area contributed by atoms with E-state index in [0.29, 0.717) is 36.9 Å². The molecule has 0 bridgehead atoms. The number of oxazole rings is 1. The fraction of sp³-hybridized carbons (Fsp3) is 0.750. The molecule has 0 aromatic carbocycles. The van der Waals surface area contributed by atoms with Gasteiger partial charge in [0.15, 0.2) is 12.1 Å². The molecule has 1 aromatic heterocycles. The predicted molar refractivity (Wildman–Crippen MR) is 98.9 cm³/mol. The number of nitrogens with zero attached hydrogens (tertiary/aromatic N) is 2. The molecule has 144 valence electrons. The molecule has 1 aromatic rings. The maximum Gasteiger partial charge on any atom is 0.273 e. The highest BCUT2D eigenvalue weighted by atomic mass is 35.5. The van der Waals surface area contributed by atoms with Crippen molar-refractivity contribution in [3.63, 3.8) is 0 Å². The molecule has 2 heterocycles. The molecule has 1 saturated heterocycles. The van der Waals surface area contributed by atoms with E-state index in [1.165, 1.54) is 12.6 Å². The van der Waals surface area contributed by atoms with E-state index in [4.69, 9.17) is 4.42 Å². The number of hydrogen-bond donors (Lipinski definition) is 1. The van der Waals surface area contributed by atoms with Gasteiger partial charge in [-0.3, -0.25) is 9.69 Å². The van der Waals surface area contributed by atoms with Crippen LogP contribution in [0.4, 0.5) is 0 Å². The van der Waals surface area contributed by atoms with Crippen LogP contribution in [0.25, 0.3) is 0 Å². The van der Waals surface area contributed by atoms with Crippen LogP contribution < -0.4 is 5.32 Å². The lowest BCUT2D eigenvalue weighted by atomic mass is 9.98. The van der Waals surface area contributed by atoms with Gasteiger partial charge in [0.2, 0.25) is 0 Å². The highest BCUT2D eigenvalue weighted by Crippen LogP contribution is 2.22. The van der Waals surface area contributed by atoms with Crippen LogP contribution in [-0.2, 0) is 16.3 Å². The molecule has 0 aliphatic carbocycles. The molecule has 1 aliphatic heterocycles. The van der Waals surface area contributed by atoms with Crippen molar-refractivity contribution in [2.24, 2.45) is 5.92 Å². The molecule has 1 fully saturated rings. The lowest BCUT2D eigenvalue weighted by Crippen LogP contribution is -2.41. The number of halogens is 1. The third-order valence-corrected chi connectivity index (χ3v) is 5.37. The van der Waals surface area contributed by atoms with Crippen molar-refractivity contribution >= 4 is 28.2 Å². The number of hydrogen-bond acceptors (Lipinski definition) is 6. The Morgan fingerprint density at radius 3 is 2.72 bits per heavy atom. The smallest absolute Gasteiger partial charge is 0.273 e. The van der Waals surface area contributed by atoms with Gasteiger partial charge >= 0.3 is 0 Å². The third-order valence-electron chi connectivity index (χ3n) is 4.45. The van der Waals surface area contributed by atoms with Crippen molar-refractivity contribution in [2.45, 2.75) is 39.2 Å². The fourth-order valence-electron chi connectivity index (χ4n) is 3.21. The molecule has 1 aliphatic rings. The molecule has 7 nitrogen and oxygen atoms in total. The molecular weight excluding hydrogens is 366 g/mol. The number of carbonyl (C=O) groups excluding carboxylic acids is 1. The number of amides is 1. The summed E-state index contributed by atoms with van der Waals surface area (Å²) in [6.07, 6.45) is 5.19. The highest BCUT2D eigenvalue weighted by Gasteiger charge is 2.34. The van der Waals surface area contributed by atoms with E-state index in [2.05, 4.69) is 22.1 Å². The number of nitrogens with one attached hydrogen (secondary N) is 1. The van der Waals surface area contributed by atoms with Crippen molar-refractivity contribution in [1.82, 2.24) is 15.2 Å². The van der Waals surface area contributed by atoms with Crippen LogP contribution in [0.15, 0.2) is 10.8 Å². The Hall–Kier alpha value is -1.12. The molecule has 0 spiro atoms. The fourth-order valence-corrected chi connectivity index (χ4v) is 3.80. The first kappa shape index (κ1) is 21.9. The van der Waals surface area contributed by atoms with Crippen molar-refractivity contribution in [3.05, 3.63) is 17.8 Å². The first-order valence-corrected chi connectivity index (χ1v) is 10.5. The molecule has 0 unspecified atom stereocenters. The Kier molecular flexibility index (Phi) is 8.37. The molecule has 1 N–H and O–H groups in total. The van der Waals surface area contributed by atoms with Crippen LogP contribution >= 0.6 is 12.4 Å². The van der Waals surface area contributed by atoms with E-state index >= 15 is 0 Å². The molecule has 25 heavy (non-hydrogen) atoms. The maximum absolute atomic E-state index is 12.5. The highest BCUT2D eigenvalue weighted by molar-refractivity contribution is 7.90. The molecule has 9 heteroatoms. The van der Waals surface area contributed by atoms with Crippen molar-refractivity contribution in [3.8, 4) is 0 Å². The zero-order chi connectivity index (χ0) is 17.7. The summed E-state index contributed by atoms with van der Waals surface area (Å²) in [5.74, 6) is 0.856. The van der Waals surface area contributed by atoms with Crippen LogP contribution in [0.2, 0.25) is 0 Å². The topological polar surface area (TPSA) is 92.5 Å². The van der Waals surface area contributed by atoms with E-state index in [9.17, 15) is 13.2 Å². The molecule has 0 saturated carbocycles. The SMILES string of the molecule is CCC[C@H]1CN(CCS(C)(=O)=O)C[C@@H]1NC(=O)c1ncoc1CC.Cl. The Morgan fingerprint density at radius 2 is 2.12 bits per heavy atom. The predicted octanol–water partition coefficient (Wildman–Crippen LogP) is 1.53. The van der Waals surface area contributed by atoms with Gasteiger partial charge in [-0.25, -0.2) is 13.4 Å². The summed E-state index contributed by atoms with van der Waals surface area (Å²) in [4.78, 5) is 18.6. The van der Waals surface area contributed by atoms with Gasteiger partial charge in [-0.15, -0.1) is 12.4 Å². The van der Waals surface area contributed by atoms with E-state index in [1.807, 2.05) is 6.92 Å². The van der Waals surface area contributed by atoms with E-state index in [0.717, 1.165) is 19.4 Å². The first-order chi connectivity index (χ1) is 11.3. The minimum atomic E-state index is -2.98. The van der Waals surface area contributed by atoms with Gasteiger partial charge in [-0.1, -0.05) is 20.3 Å². The molecule has 1 amide bonds. The van der Waals surface area contributed by atoms with Crippen LogP contribution in [0.1, 0.15) is 42.9 Å². The largest absolute Gasteiger partial charge is 0.448 e. The van der Waals surface area contributed by atoms with Gasteiger partial charge in [0, 0.05) is 38.4 Å². The second-order valence-corrected chi connectivity index (χ2v) is 8.76. The number of sulfone groups is 1. The average molecular weight is 394 g/mol. The second kappa shape index (κ2) is 9.54. The lowest BCUT2D eigenvalue weighted by Gasteiger charge is -2.18. The Bertz CT molecular complexity index is 662. The van der Waals surface area contributed by atoms with E-state index in [1.54, 1.807) is 0 Å². The number of likely N-dealkylation sites (tertiary alicyclic amines) is 1. The van der Waals surface area contributed by atoms with Crippen molar-refractivity contribution in [1.29, 1.82) is 0 Å². The van der Waals surface area contributed by atoms with Crippen molar-refractivity contribution in [2.75, 3.05) is 31.6 Å². The van der Waals surface area contributed by atoms with Crippen LogP contribution in [0.3, 0.4) is 0 Å². The van der Waals surface area contributed by atoms with Gasteiger partial charge in [-0.05, 0) is 12.3 Å². The summed E-state index contributed by atoms with van der Waals surface area (Å²) in [6, 6.07) is 0.0124. The summed E-state index contributed by atoms with van der Waals surface area (Å²) in [7, 11) is -2.98. The van der Waals surface area contributed by atoms with E-state index < -0.39 is 9.84 Å². The van der Waals surface area contributed by atoms with E-state index in [-0.39, 0.29) is 30.1 Å². The monoisotopic (exact) mass is 393 g/mol. The summed E-state index contributed by atoms with van der Waals surface area (Å²) < 4.78 is 28.0. The summed E-state index contributed by atoms with van der Waals surface area (Å²) in [6.45, 7) is 6.03. The molecule has 2 rings (SSSR count). The second-order valence-electron chi connectivity index (χ2n) is 6.50. The lowest BCUT2D eigenvalue weighted by molar-refractivity contribution is 0.0922. The standard InChI is InChI=1S/C16H27N3O4S.ClH/c1-4-6-12-9-19(7-8-24(3,21)22)10-13(12)18-16(20)15-14(5-2)23-11-17-15;/h11-13H,4-10H2,1-3H3,(H,18,20);1H/t12-,13-;/m0./s1. The zero-order valence-electron chi connectivity index (χ0n) is 15.0. The number of carbonyl (C=O) groups is 1. The minimum Gasteiger partial charge on any atom is -0.448 e. The molecular formula is C16H28ClN3O4S.